The van der Waals surface area contributed by atoms with Crippen molar-refractivity contribution < 1.29 is 50.7 Å². The number of benzene rings is 2. The van der Waals surface area contributed by atoms with E-state index >= 15 is 0 Å². The van der Waals surface area contributed by atoms with Crippen molar-refractivity contribution in [1.29, 1.82) is 0 Å². The maximum Gasteiger partial charge on any atom is 0.420 e. The number of nitrogens with one attached hydrogen (secondary N) is 3. The lowest BCUT2D eigenvalue weighted by atomic mass is 10.0. The van der Waals surface area contributed by atoms with Crippen molar-refractivity contribution in [3.8, 4) is 17.1 Å². The van der Waals surface area contributed by atoms with E-state index in [1.54, 1.807) is 48.3 Å². The number of para-hydroxylation sites is 1. The van der Waals surface area contributed by atoms with Crippen LogP contribution in [0.5, 0.6) is 0 Å². The van der Waals surface area contributed by atoms with Crippen molar-refractivity contribution in [3.63, 3.8) is 0 Å². The first kappa shape index (κ1) is 43.5. The van der Waals surface area contributed by atoms with Gasteiger partial charge in [-0.05, 0) is 73.7 Å². The number of ether oxygens (including phenoxy) is 1. The van der Waals surface area contributed by atoms with Gasteiger partial charge in [0.2, 0.25) is 17.7 Å². The third-order valence-electron chi connectivity index (χ3n) is 9.90. The molecule has 4 aromatic heterocycles. The van der Waals surface area contributed by atoms with Gasteiger partial charge in [-0.15, -0.1) is 0 Å². The molecule has 7 rings (SSSR count). The molecule has 19 nitrogen and oxygen atoms in total. The third kappa shape index (κ3) is 10.3. The van der Waals surface area contributed by atoms with Crippen molar-refractivity contribution in [2.24, 2.45) is 5.73 Å². The highest BCUT2D eigenvalue weighted by atomic mass is 19.4. The molecule has 1 atom stereocenters. The number of rotatable bonds is 17. The number of pyridine rings is 1. The minimum atomic E-state index is -4.46. The highest BCUT2D eigenvalue weighted by molar-refractivity contribution is 6.07. The maximum atomic E-state index is 13.2. The fourth-order valence-electron chi connectivity index (χ4n) is 6.81. The minimum absolute atomic E-state index is 0.0471. The number of nitrogens with zero attached hydrogens (tertiary/aromatic N) is 6. The summed E-state index contributed by atoms with van der Waals surface area (Å²) in [6, 6.07) is 13.6. The standard InChI is InChI=1S/C41H39F3N10O9/c1-52(16-4-18-61-17-3-6-23-5-2-7-29-34(23)63-40(60)54(29)30-12-13-32(55)50-37(30)58)39(59)24-8-10-26(11-9-24)53-20-27(33(51-53)35(45)56)48-36(57)28-21-62-38(49-28)25-14-15-46-31(19-25)47-22-41(42,43)44/h2,5,7-11,14-15,19-21,30H,3-4,6,12-13,16-18,22H2,1H3,(H2,45,56)(H,46,47)(H,48,57)(H,50,55,58). The molecule has 0 radical (unpaired) electrons. The first-order chi connectivity index (χ1) is 30.1. The molecule has 0 saturated carbocycles. The second-order valence-corrected chi connectivity index (χ2v) is 14.4. The van der Waals surface area contributed by atoms with Crippen LogP contribution in [0.2, 0.25) is 0 Å². The molecule has 2 aromatic carbocycles. The molecule has 1 aliphatic rings. The first-order valence-corrected chi connectivity index (χ1v) is 19.5. The summed E-state index contributed by atoms with van der Waals surface area (Å²) in [5.41, 5.74) is 7.74. The number of aromatic nitrogens is 5. The van der Waals surface area contributed by atoms with Gasteiger partial charge in [0, 0.05) is 50.6 Å². The highest BCUT2D eigenvalue weighted by Gasteiger charge is 2.32. The number of imide groups is 1. The Morgan fingerprint density at radius 2 is 1.84 bits per heavy atom. The molecular formula is C41H39F3N10O9. The lowest BCUT2D eigenvalue weighted by Crippen LogP contribution is -2.43. The Bertz CT molecular complexity index is 2740. The van der Waals surface area contributed by atoms with E-state index in [4.69, 9.17) is 19.3 Å². The summed E-state index contributed by atoms with van der Waals surface area (Å²) in [7, 11) is 1.66. The number of anilines is 2. The van der Waals surface area contributed by atoms with Crippen LogP contribution in [0.25, 0.3) is 28.2 Å². The Hall–Kier alpha value is -7.62. The van der Waals surface area contributed by atoms with Crippen LogP contribution < -0.4 is 27.4 Å². The summed E-state index contributed by atoms with van der Waals surface area (Å²) in [6.45, 7) is -0.105. The maximum absolute atomic E-state index is 13.2. The lowest BCUT2D eigenvalue weighted by Gasteiger charge is -2.21. The van der Waals surface area contributed by atoms with Gasteiger partial charge < -0.3 is 34.8 Å². The Morgan fingerprint density at radius 3 is 2.59 bits per heavy atom. The Balaban J connectivity index is 0.878. The van der Waals surface area contributed by atoms with Crippen LogP contribution in [-0.4, -0.2) is 98.3 Å². The van der Waals surface area contributed by atoms with Gasteiger partial charge in [-0.1, -0.05) is 12.1 Å². The van der Waals surface area contributed by atoms with E-state index in [-0.39, 0.29) is 59.0 Å². The van der Waals surface area contributed by atoms with Gasteiger partial charge in [-0.25, -0.2) is 19.4 Å². The van der Waals surface area contributed by atoms with Crippen LogP contribution in [0.4, 0.5) is 24.7 Å². The quantitative estimate of drug-likeness (QED) is 0.0740. The topological polar surface area (TPSA) is 252 Å². The molecule has 5 amide bonds. The Kier molecular flexibility index (Phi) is 12.8. The Labute approximate surface area is 354 Å². The number of halogens is 3. The van der Waals surface area contributed by atoms with Crippen molar-refractivity contribution >= 4 is 52.1 Å². The smallest absolute Gasteiger partial charge is 0.420 e. The van der Waals surface area contributed by atoms with Gasteiger partial charge >= 0.3 is 11.9 Å². The van der Waals surface area contributed by atoms with Gasteiger partial charge in [-0.2, -0.15) is 18.3 Å². The molecular weight excluding hydrogens is 834 g/mol. The molecule has 1 unspecified atom stereocenters. The van der Waals surface area contributed by atoms with Crippen LogP contribution in [0.3, 0.4) is 0 Å². The van der Waals surface area contributed by atoms with E-state index in [2.05, 4.69) is 31.0 Å². The van der Waals surface area contributed by atoms with Crippen molar-refractivity contribution in [2.45, 2.75) is 44.3 Å². The zero-order valence-electron chi connectivity index (χ0n) is 33.4. The predicted molar refractivity (Wildman–Crippen MR) is 217 cm³/mol. The molecule has 0 bridgehead atoms. The molecule has 1 fully saturated rings. The number of hydrogen-bond donors (Lipinski definition) is 4. The molecule has 22 heteroatoms. The minimum Gasteiger partial charge on any atom is -0.444 e. The molecule has 1 saturated heterocycles. The molecule has 328 valence electrons. The van der Waals surface area contributed by atoms with E-state index < -0.39 is 42.2 Å². The van der Waals surface area contributed by atoms with Crippen LogP contribution >= 0.6 is 0 Å². The van der Waals surface area contributed by atoms with Gasteiger partial charge in [0.15, 0.2) is 17.0 Å². The summed E-state index contributed by atoms with van der Waals surface area (Å²) in [6.07, 6.45) is 1.23. The van der Waals surface area contributed by atoms with Crippen molar-refractivity contribution in [3.05, 3.63) is 106 Å². The number of nitrogens with two attached hydrogens (primary N) is 1. The number of fused-ring (bicyclic) bond motifs is 1. The zero-order valence-corrected chi connectivity index (χ0v) is 33.4. The number of oxazole rings is 2. The van der Waals surface area contributed by atoms with Crippen LogP contribution in [0, 0.1) is 0 Å². The van der Waals surface area contributed by atoms with Crippen LogP contribution in [0.15, 0.2) is 86.9 Å². The molecule has 0 spiro atoms. The van der Waals surface area contributed by atoms with E-state index in [9.17, 15) is 41.9 Å². The second-order valence-electron chi connectivity index (χ2n) is 14.4. The van der Waals surface area contributed by atoms with Crippen LogP contribution in [0.1, 0.15) is 68.6 Å². The number of aryl methyl sites for hydroxylation is 1. The lowest BCUT2D eigenvalue weighted by molar-refractivity contribution is -0.135. The molecule has 1 aliphatic heterocycles. The number of piperidine rings is 1. The van der Waals surface area contributed by atoms with Gasteiger partial charge in [0.25, 0.3) is 17.7 Å². The number of carbonyl (C=O) groups excluding carboxylic acids is 5. The molecule has 5 heterocycles. The van der Waals surface area contributed by atoms with E-state index in [0.29, 0.717) is 61.4 Å². The monoisotopic (exact) mass is 872 g/mol. The van der Waals surface area contributed by atoms with E-state index in [1.807, 2.05) is 6.07 Å². The normalized spacial score (nSPS) is 14.1. The third-order valence-corrected chi connectivity index (χ3v) is 9.90. The van der Waals surface area contributed by atoms with Gasteiger partial charge in [-0.3, -0.25) is 33.9 Å². The summed E-state index contributed by atoms with van der Waals surface area (Å²) >= 11 is 0. The Morgan fingerprint density at radius 1 is 1.06 bits per heavy atom. The van der Waals surface area contributed by atoms with Gasteiger partial charge in [0.05, 0.1) is 23.1 Å². The first-order valence-electron chi connectivity index (χ1n) is 19.5. The summed E-state index contributed by atoms with van der Waals surface area (Å²) in [4.78, 5) is 84.8. The van der Waals surface area contributed by atoms with Gasteiger partial charge in [0.1, 0.15) is 24.7 Å². The average Bonchev–Trinajstić information content (AvgIpc) is 4.00. The zero-order chi connectivity index (χ0) is 44.8. The highest BCUT2D eigenvalue weighted by Crippen LogP contribution is 2.27. The summed E-state index contributed by atoms with van der Waals surface area (Å²) in [5.74, 6) is -3.72. The average molecular weight is 873 g/mol. The van der Waals surface area contributed by atoms with E-state index in [0.717, 1.165) is 11.8 Å². The molecule has 5 N–H and O–H groups in total. The van der Waals surface area contributed by atoms with Crippen molar-refractivity contribution in [1.82, 2.24) is 34.5 Å². The number of hydrogen-bond acceptors (Lipinski definition) is 13. The SMILES string of the molecule is CN(CCCOCCCc1cccc2c1oc(=O)n2C1CCC(=O)NC1=O)C(=O)c1ccc(-n2cc(NC(=O)c3coc(-c4ccnc(NCC(F)(F)F)c4)n3)c(C(N)=O)n2)cc1. The summed E-state index contributed by atoms with van der Waals surface area (Å²) < 4.78 is 57.2. The molecule has 0 aliphatic carbocycles. The predicted octanol–water partition coefficient (Wildman–Crippen LogP) is 4.24. The largest absolute Gasteiger partial charge is 0.444 e. The fourth-order valence-corrected chi connectivity index (χ4v) is 6.81. The molecule has 6 aromatic rings. The number of primary amides is 1. The van der Waals surface area contributed by atoms with E-state index in [1.165, 1.54) is 33.8 Å². The van der Waals surface area contributed by atoms with Crippen molar-refractivity contribution in [2.75, 3.05) is 44.0 Å². The number of alkyl halides is 3. The molecule has 63 heavy (non-hydrogen) atoms. The van der Waals surface area contributed by atoms with Crippen LogP contribution in [-0.2, 0) is 20.7 Å². The number of amides is 5. The summed E-state index contributed by atoms with van der Waals surface area (Å²) in [5, 5.41) is 11.1. The second kappa shape index (κ2) is 18.6. The number of carbonyl (C=O) groups is 5. The fraction of sp³-hybridized carbons (Fsp3) is 0.293.